The molecule has 1 atom stereocenters. The van der Waals surface area contributed by atoms with Gasteiger partial charge in [-0.2, -0.15) is 0 Å². The molecule has 0 aliphatic rings. The highest BCUT2D eigenvalue weighted by molar-refractivity contribution is 5.96. The van der Waals surface area contributed by atoms with Gasteiger partial charge in [-0.3, -0.25) is 4.79 Å². The van der Waals surface area contributed by atoms with Gasteiger partial charge in [-0.15, -0.1) is 0 Å². The molecule has 0 bridgehead atoms. The molecule has 5 heteroatoms. The van der Waals surface area contributed by atoms with Crippen LogP contribution in [0.15, 0.2) is 24.3 Å². The van der Waals surface area contributed by atoms with Crippen LogP contribution in [-0.2, 0) is 4.79 Å². The van der Waals surface area contributed by atoms with Crippen molar-refractivity contribution in [3.63, 3.8) is 0 Å². The molecule has 98 valence electrons. The third kappa shape index (κ3) is 3.56. The summed E-state index contributed by atoms with van der Waals surface area (Å²) in [4.78, 5) is 22.5. The van der Waals surface area contributed by atoms with Crippen molar-refractivity contribution in [3.05, 3.63) is 29.8 Å². The van der Waals surface area contributed by atoms with Gasteiger partial charge in [0.2, 0.25) is 5.91 Å². The molecule has 0 aromatic heterocycles. The molecule has 0 spiro atoms. The Morgan fingerprint density at radius 3 is 2.11 bits per heavy atom. The fraction of sp³-hybridized carbons (Fsp3) is 0.385. The van der Waals surface area contributed by atoms with Gasteiger partial charge >= 0.3 is 5.97 Å². The van der Waals surface area contributed by atoms with Crippen molar-refractivity contribution in [2.24, 2.45) is 11.1 Å². The van der Waals surface area contributed by atoms with Crippen molar-refractivity contribution in [2.45, 2.75) is 26.8 Å². The van der Waals surface area contributed by atoms with E-state index in [0.29, 0.717) is 5.69 Å². The number of carbonyl (C=O) groups excluding carboxylic acids is 1. The maximum absolute atomic E-state index is 11.8. The van der Waals surface area contributed by atoms with Crippen LogP contribution in [0.2, 0.25) is 0 Å². The Bertz CT molecular complexity index is 446. The maximum Gasteiger partial charge on any atom is 0.335 e. The molecule has 4 N–H and O–H groups in total. The molecule has 0 unspecified atom stereocenters. The average Bonchev–Trinajstić information content (AvgIpc) is 2.27. The van der Waals surface area contributed by atoms with Crippen molar-refractivity contribution in [3.8, 4) is 0 Å². The minimum Gasteiger partial charge on any atom is -0.478 e. The molecular weight excluding hydrogens is 232 g/mol. The van der Waals surface area contributed by atoms with Crippen LogP contribution in [0.5, 0.6) is 0 Å². The fourth-order valence-corrected chi connectivity index (χ4v) is 1.31. The highest BCUT2D eigenvalue weighted by atomic mass is 16.4. The molecule has 1 amide bonds. The zero-order valence-electron chi connectivity index (χ0n) is 10.7. The molecule has 5 nitrogen and oxygen atoms in total. The number of nitrogens with one attached hydrogen (secondary N) is 1. The molecule has 0 fully saturated rings. The number of amides is 1. The monoisotopic (exact) mass is 250 g/mol. The van der Waals surface area contributed by atoms with Gasteiger partial charge in [0.05, 0.1) is 11.6 Å². The van der Waals surface area contributed by atoms with Gasteiger partial charge in [0.25, 0.3) is 0 Å². The predicted molar refractivity (Wildman–Crippen MR) is 69.5 cm³/mol. The Morgan fingerprint density at radius 2 is 1.72 bits per heavy atom. The second kappa shape index (κ2) is 5.18. The van der Waals surface area contributed by atoms with Crippen molar-refractivity contribution < 1.29 is 14.7 Å². The standard InChI is InChI=1S/C13H18N2O3/c1-13(2,3)10(14)11(16)15-9-6-4-8(5-7-9)12(17)18/h4-7,10H,14H2,1-3H3,(H,15,16)(H,17,18)/t10-/m1/s1. The second-order valence-corrected chi connectivity index (χ2v) is 5.22. The lowest BCUT2D eigenvalue weighted by Gasteiger charge is -2.25. The van der Waals surface area contributed by atoms with E-state index in [1.165, 1.54) is 24.3 Å². The topological polar surface area (TPSA) is 92.4 Å². The van der Waals surface area contributed by atoms with E-state index in [2.05, 4.69) is 5.32 Å². The van der Waals surface area contributed by atoms with Crippen LogP contribution < -0.4 is 11.1 Å². The Morgan fingerprint density at radius 1 is 1.22 bits per heavy atom. The number of benzene rings is 1. The minimum atomic E-state index is -1.00. The third-order valence-corrected chi connectivity index (χ3v) is 2.61. The van der Waals surface area contributed by atoms with Crippen LogP contribution in [-0.4, -0.2) is 23.0 Å². The number of hydrogen-bond acceptors (Lipinski definition) is 3. The SMILES string of the molecule is CC(C)(C)[C@H](N)C(=O)Nc1ccc(C(=O)O)cc1. The first-order valence-electron chi connectivity index (χ1n) is 5.61. The van der Waals surface area contributed by atoms with E-state index in [4.69, 9.17) is 10.8 Å². The van der Waals surface area contributed by atoms with E-state index in [9.17, 15) is 9.59 Å². The number of carboxylic acids is 1. The molecular formula is C13H18N2O3. The average molecular weight is 250 g/mol. The lowest BCUT2D eigenvalue weighted by Crippen LogP contribution is -2.45. The van der Waals surface area contributed by atoms with E-state index in [-0.39, 0.29) is 16.9 Å². The highest BCUT2D eigenvalue weighted by Crippen LogP contribution is 2.19. The summed E-state index contributed by atoms with van der Waals surface area (Å²) in [6.07, 6.45) is 0. The molecule has 0 saturated heterocycles. The van der Waals surface area contributed by atoms with Crippen LogP contribution in [0, 0.1) is 5.41 Å². The largest absolute Gasteiger partial charge is 0.478 e. The number of carbonyl (C=O) groups is 2. The molecule has 0 heterocycles. The van der Waals surface area contributed by atoms with Gasteiger partial charge in [0.1, 0.15) is 0 Å². The van der Waals surface area contributed by atoms with Crippen LogP contribution >= 0.6 is 0 Å². The summed E-state index contributed by atoms with van der Waals surface area (Å²) in [7, 11) is 0. The van der Waals surface area contributed by atoms with Crippen molar-refractivity contribution >= 4 is 17.6 Å². The first kappa shape index (κ1) is 14.2. The number of anilines is 1. The zero-order valence-corrected chi connectivity index (χ0v) is 10.7. The van der Waals surface area contributed by atoms with Crippen molar-refractivity contribution in [1.82, 2.24) is 0 Å². The number of aromatic carboxylic acids is 1. The number of rotatable bonds is 3. The van der Waals surface area contributed by atoms with E-state index in [1.807, 2.05) is 20.8 Å². The second-order valence-electron chi connectivity index (χ2n) is 5.22. The number of hydrogen-bond donors (Lipinski definition) is 3. The molecule has 0 saturated carbocycles. The first-order valence-corrected chi connectivity index (χ1v) is 5.61. The zero-order chi connectivity index (χ0) is 13.9. The van der Waals surface area contributed by atoms with Gasteiger partial charge in [-0.25, -0.2) is 4.79 Å². The van der Waals surface area contributed by atoms with Crippen LogP contribution in [0.25, 0.3) is 0 Å². The van der Waals surface area contributed by atoms with Crippen LogP contribution in [0.4, 0.5) is 5.69 Å². The van der Waals surface area contributed by atoms with Gasteiger partial charge < -0.3 is 16.2 Å². The van der Waals surface area contributed by atoms with E-state index < -0.39 is 12.0 Å². The third-order valence-electron chi connectivity index (χ3n) is 2.61. The van der Waals surface area contributed by atoms with E-state index in [0.717, 1.165) is 0 Å². The molecule has 18 heavy (non-hydrogen) atoms. The Kier molecular flexibility index (Phi) is 4.08. The molecule has 0 radical (unpaired) electrons. The fourth-order valence-electron chi connectivity index (χ4n) is 1.31. The summed E-state index contributed by atoms with van der Waals surface area (Å²) < 4.78 is 0. The summed E-state index contributed by atoms with van der Waals surface area (Å²) in [6.45, 7) is 5.64. The summed E-state index contributed by atoms with van der Waals surface area (Å²) in [5, 5.41) is 11.4. The summed E-state index contributed by atoms with van der Waals surface area (Å²) in [6, 6.07) is 5.31. The quantitative estimate of drug-likeness (QED) is 0.761. The summed E-state index contributed by atoms with van der Waals surface area (Å²) >= 11 is 0. The normalized spacial score (nSPS) is 12.9. The number of nitrogens with two attached hydrogens (primary N) is 1. The van der Waals surface area contributed by atoms with Gasteiger partial charge in [-0.05, 0) is 29.7 Å². The molecule has 0 aliphatic carbocycles. The maximum atomic E-state index is 11.8. The lowest BCUT2D eigenvalue weighted by molar-refractivity contribution is -0.119. The Labute approximate surface area is 106 Å². The molecule has 0 aliphatic heterocycles. The smallest absolute Gasteiger partial charge is 0.335 e. The first-order chi connectivity index (χ1) is 8.21. The van der Waals surface area contributed by atoms with E-state index >= 15 is 0 Å². The van der Waals surface area contributed by atoms with Crippen LogP contribution in [0.3, 0.4) is 0 Å². The molecule has 1 aromatic carbocycles. The lowest BCUT2D eigenvalue weighted by atomic mass is 9.87. The highest BCUT2D eigenvalue weighted by Gasteiger charge is 2.27. The van der Waals surface area contributed by atoms with Gasteiger partial charge in [-0.1, -0.05) is 20.8 Å². The molecule has 1 aromatic rings. The Hall–Kier alpha value is -1.88. The Balaban J connectivity index is 2.74. The van der Waals surface area contributed by atoms with E-state index in [1.54, 1.807) is 0 Å². The number of carboxylic acid groups (broad SMARTS) is 1. The summed E-state index contributed by atoms with van der Waals surface area (Å²) in [5.41, 5.74) is 6.19. The summed E-state index contributed by atoms with van der Waals surface area (Å²) in [5.74, 6) is -1.29. The van der Waals surface area contributed by atoms with Gasteiger partial charge in [0, 0.05) is 5.69 Å². The minimum absolute atomic E-state index is 0.174. The predicted octanol–water partition coefficient (Wildman–Crippen LogP) is 1.70. The van der Waals surface area contributed by atoms with Crippen molar-refractivity contribution in [2.75, 3.05) is 5.32 Å². The van der Waals surface area contributed by atoms with Crippen LogP contribution in [0.1, 0.15) is 31.1 Å². The van der Waals surface area contributed by atoms with Crippen molar-refractivity contribution in [1.29, 1.82) is 0 Å². The van der Waals surface area contributed by atoms with Gasteiger partial charge in [0.15, 0.2) is 0 Å². The molecule has 1 rings (SSSR count).